The van der Waals surface area contributed by atoms with E-state index in [0.29, 0.717) is 0 Å². The van der Waals surface area contributed by atoms with Gasteiger partial charge in [-0.15, -0.1) is 0 Å². The lowest BCUT2D eigenvalue weighted by Gasteiger charge is -2.37. The van der Waals surface area contributed by atoms with Crippen LogP contribution >= 0.6 is 22.6 Å². The summed E-state index contributed by atoms with van der Waals surface area (Å²) in [6, 6.07) is 4.00. The molecule has 0 aliphatic carbocycles. The summed E-state index contributed by atoms with van der Waals surface area (Å²) in [5.41, 5.74) is 1.10. The Labute approximate surface area is 84.6 Å². The molecule has 3 nitrogen and oxygen atoms in total. The number of aliphatic hydroxyl groups excluding tert-OH is 1. The van der Waals surface area contributed by atoms with Gasteiger partial charge in [-0.3, -0.25) is 0 Å². The van der Waals surface area contributed by atoms with Gasteiger partial charge in [-0.1, -0.05) is 0 Å². The average molecular weight is 276 g/mol. The third-order valence-electron chi connectivity index (χ3n) is 1.94. The fraction of sp³-hybridized carbons (Fsp3) is 0.375. The monoisotopic (exact) mass is 276 g/mol. The Balaban J connectivity index is 2.09. The molecule has 1 aliphatic heterocycles. The molecule has 1 N–H and O–H groups in total. The van der Waals surface area contributed by atoms with Crippen LogP contribution in [0.3, 0.4) is 0 Å². The van der Waals surface area contributed by atoms with Crippen molar-refractivity contribution in [2.75, 3.05) is 18.0 Å². The minimum Gasteiger partial charge on any atom is -0.389 e. The highest BCUT2D eigenvalue weighted by Crippen LogP contribution is 2.19. The van der Waals surface area contributed by atoms with E-state index in [0.717, 1.165) is 22.5 Å². The lowest BCUT2D eigenvalue weighted by atomic mass is 10.1. The minimum atomic E-state index is -0.149. The maximum Gasteiger partial charge on any atom is 0.101 e. The van der Waals surface area contributed by atoms with Gasteiger partial charge < -0.3 is 10.0 Å². The van der Waals surface area contributed by atoms with E-state index in [1.165, 1.54) is 0 Å². The van der Waals surface area contributed by atoms with Crippen molar-refractivity contribution in [2.45, 2.75) is 6.10 Å². The van der Waals surface area contributed by atoms with Crippen LogP contribution in [-0.4, -0.2) is 29.3 Å². The number of hydrogen-bond donors (Lipinski definition) is 1. The number of β-amino-alcohol motifs (C(OH)–C–C–N with tert-alkyl or cyclic N) is 1. The van der Waals surface area contributed by atoms with Crippen LogP contribution in [0.25, 0.3) is 0 Å². The van der Waals surface area contributed by atoms with E-state index < -0.39 is 0 Å². The van der Waals surface area contributed by atoms with E-state index >= 15 is 0 Å². The van der Waals surface area contributed by atoms with Gasteiger partial charge in [0.1, 0.15) is 3.70 Å². The number of anilines is 1. The summed E-state index contributed by atoms with van der Waals surface area (Å²) in [4.78, 5) is 6.28. The first-order chi connectivity index (χ1) is 5.75. The first-order valence-corrected chi connectivity index (χ1v) is 4.88. The van der Waals surface area contributed by atoms with E-state index in [2.05, 4.69) is 32.5 Å². The molecule has 0 aromatic carbocycles. The normalized spacial score (nSPS) is 17.7. The predicted octanol–water partition coefficient (Wildman–Crippen LogP) is 0.867. The van der Waals surface area contributed by atoms with Crippen LogP contribution in [0.15, 0.2) is 18.3 Å². The molecule has 2 rings (SSSR count). The Morgan fingerprint density at radius 1 is 1.50 bits per heavy atom. The van der Waals surface area contributed by atoms with Crippen LogP contribution in [0.4, 0.5) is 5.69 Å². The molecule has 1 aliphatic rings. The number of nitrogens with zero attached hydrogens (tertiary/aromatic N) is 2. The van der Waals surface area contributed by atoms with Gasteiger partial charge in [0, 0.05) is 13.1 Å². The van der Waals surface area contributed by atoms with Crippen LogP contribution in [0.1, 0.15) is 0 Å². The molecule has 0 bridgehead atoms. The second kappa shape index (κ2) is 3.18. The summed E-state index contributed by atoms with van der Waals surface area (Å²) in [5, 5.41) is 9.07. The summed E-state index contributed by atoms with van der Waals surface area (Å²) in [5.74, 6) is 0. The molecule has 0 unspecified atom stereocenters. The fourth-order valence-electron chi connectivity index (χ4n) is 1.22. The SMILES string of the molecule is OC1CN(c2ccc(I)nc2)C1. The summed E-state index contributed by atoms with van der Waals surface area (Å²) in [6.07, 6.45) is 1.69. The zero-order valence-electron chi connectivity index (χ0n) is 6.44. The van der Waals surface area contributed by atoms with Crippen LogP contribution in [0.2, 0.25) is 0 Å². The molecule has 0 radical (unpaired) electrons. The number of pyridine rings is 1. The van der Waals surface area contributed by atoms with E-state index in [4.69, 9.17) is 5.11 Å². The van der Waals surface area contributed by atoms with Crippen LogP contribution in [-0.2, 0) is 0 Å². The Morgan fingerprint density at radius 2 is 2.25 bits per heavy atom. The predicted molar refractivity (Wildman–Crippen MR) is 55.2 cm³/mol. The molecule has 1 fully saturated rings. The molecular formula is C8H9IN2O. The average Bonchev–Trinajstić information content (AvgIpc) is 2.01. The van der Waals surface area contributed by atoms with E-state index in [9.17, 15) is 0 Å². The first-order valence-electron chi connectivity index (χ1n) is 3.80. The molecule has 4 heteroatoms. The van der Waals surface area contributed by atoms with Gasteiger partial charge in [-0.25, -0.2) is 4.98 Å². The second-order valence-electron chi connectivity index (χ2n) is 2.90. The zero-order valence-corrected chi connectivity index (χ0v) is 8.60. The number of rotatable bonds is 1. The van der Waals surface area contributed by atoms with Crippen LogP contribution in [0, 0.1) is 3.70 Å². The Bertz CT molecular complexity index is 269. The molecule has 0 spiro atoms. The fourth-order valence-corrected chi connectivity index (χ4v) is 1.54. The first kappa shape index (κ1) is 8.25. The Hall–Kier alpha value is -0.360. The largest absolute Gasteiger partial charge is 0.389 e. The molecular weight excluding hydrogens is 267 g/mol. The van der Waals surface area contributed by atoms with E-state index in [1.807, 2.05) is 18.3 Å². The summed E-state index contributed by atoms with van der Waals surface area (Å²) < 4.78 is 0.998. The topological polar surface area (TPSA) is 36.4 Å². The van der Waals surface area contributed by atoms with E-state index in [1.54, 1.807) is 0 Å². The number of aromatic nitrogens is 1. The zero-order chi connectivity index (χ0) is 8.55. The Morgan fingerprint density at radius 3 is 2.75 bits per heavy atom. The highest BCUT2D eigenvalue weighted by atomic mass is 127. The minimum absolute atomic E-state index is 0.149. The van der Waals surface area contributed by atoms with Gasteiger partial charge in [0.15, 0.2) is 0 Å². The highest BCUT2D eigenvalue weighted by Gasteiger charge is 2.24. The summed E-state index contributed by atoms with van der Waals surface area (Å²) in [6.45, 7) is 1.48. The molecule has 0 saturated carbocycles. The lowest BCUT2D eigenvalue weighted by Crippen LogP contribution is -2.50. The molecule has 2 heterocycles. The van der Waals surface area contributed by atoms with Crippen molar-refractivity contribution in [3.8, 4) is 0 Å². The maximum absolute atomic E-state index is 9.07. The van der Waals surface area contributed by atoms with Gasteiger partial charge in [0.25, 0.3) is 0 Å². The molecule has 12 heavy (non-hydrogen) atoms. The van der Waals surface area contributed by atoms with Crippen molar-refractivity contribution in [1.82, 2.24) is 4.98 Å². The van der Waals surface area contributed by atoms with Crippen LogP contribution in [0.5, 0.6) is 0 Å². The van der Waals surface area contributed by atoms with Crippen molar-refractivity contribution in [2.24, 2.45) is 0 Å². The summed E-state index contributed by atoms with van der Waals surface area (Å²) in [7, 11) is 0. The van der Waals surface area contributed by atoms with Crippen LogP contribution < -0.4 is 4.90 Å². The van der Waals surface area contributed by atoms with Crippen molar-refractivity contribution in [3.63, 3.8) is 0 Å². The number of aliphatic hydroxyl groups is 1. The van der Waals surface area contributed by atoms with Crippen molar-refractivity contribution in [3.05, 3.63) is 22.0 Å². The standard InChI is InChI=1S/C8H9IN2O/c9-8-2-1-6(3-10-8)11-4-7(12)5-11/h1-3,7,12H,4-5H2. The smallest absolute Gasteiger partial charge is 0.101 e. The van der Waals surface area contributed by atoms with E-state index in [-0.39, 0.29) is 6.10 Å². The Kier molecular flexibility index (Phi) is 2.18. The highest BCUT2D eigenvalue weighted by molar-refractivity contribution is 14.1. The quantitative estimate of drug-likeness (QED) is 0.610. The van der Waals surface area contributed by atoms with Gasteiger partial charge in [-0.05, 0) is 34.7 Å². The van der Waals surface area contributed by atoms with Gasteiger partial charge in [0.05, 0.1) is 18.0 Å². The molecule has 1 saturated heterocycles. The number of halogens is 1. The molecule has 1 aromatic heterocycles. The van der Waals surface area contributed by atoms with Crippen molar-refractivity contribution >= 4 is 28.3 Å². The molecule has 0 atom stereocenters. The van der Waals surface area contributed by atoms with Gasteiger partial charge >= 0.3 is 0 Å². The van der Waals surface area contributed by atoms with Gasteiger partial charge in [0.2, 0.25) is 0 Å². The number of hydrogen-bond acceptors (Lipinski definition) is 3. The molecule has 1 aromatic rings. The third kappa shape index (κ3) is 1.54. The maximum atomic E-state index is 9.07. The summed E-state index contributed by atoms with van der Waals surface area (Å²) >= 11 is 2.18. The molecule has 0 amide bonds. The lowest BCUT2D eigenvalue weighted by molar-refractivity contribution is 0.142. The van der Waals surface area contributed by atoms with Crippen molar-refractivity contribution in [1.29, 1.82) is 0 Å². The third-order valence-corrected chi connectivity index (χ3v) is 2.58. The molecule has 64 valence electrons. The van der Waals surface area contributed by atoms with Crippen molar-refractivity contribution < 1.29 is 5.11 Å². The second-order valence-corrected chi connectivity index (χ2v) is 4.00. The van der Waals surface area contributed by atoms with Gasteiger partial charge in [-0.2, -0.15) is 0 Å².